The molecule has 0 aliphatic heterocycles. The van der Waals surface area contributed by atoms with Gasteiger partial charge in [0, 0.05) is 43.4 Å². The summed E-state index contributed by atoms with van der Waals surface area (Å²) in [6.07, 6.45) is 7.66. The average molecular weight is 430 g/mol. The lowest BCUT2D eigenvalue weighted by atomic mass is 9.91. The lowest BCUT2D eigenvalue weighted by Crippen LogP contribution is -2.40. The Labute approximate surface area is 181 Å². The highest BCUT2D eigenvalue weighted by Gasteiger charge is 2.25. The van der Waals surface area contributed by atoms with Gasteiger partial charge in [0.05, 0.1) is 5.69 Å². The molecule has 4 rings (SSSR count). The van der Waals surface area contributed by atoms with Crippen LogP contribution >= 0.6 is 0 Å². The highest BCUT2D eigenvalue weighted by Crippen LogP contribution is 2.29. The fraction of sp³-hybridized carbons (Fsp3) is 0.522. The summed E-state index contributed by atoms with van der Waals surface area (Å²) in [5.74, 6) is -0.272. The third-order valence-electron chi connectivity index (χ3n) is 6.11. The summed E-state index contributed by atoms with van der Waals surface area (Å²) in [5.41, 5.74) is 2.43. The minimum absolute atomic E-state index is 0.0106. The number of carbonyl (C=O) groups is 1. The molecule has 1 aromatic carbocycles. The van der Waals surface area contributed by atoms with E-state index in [0.29, 0.717) is 5.95 Å². The van der Waals surface area contributed by atoms with Crippen molar-refractivity contribution in [2.45, 2.75) is 63.5 Å². The van der Waals surface area contributed by atoms with Gasteiger partial charge in [-0.25, -0.2) is 13.8 Å². The monoisotopic (exact) mass is 429 g/mol. The van der Waals surface area contributed by atoms with Crippen molar-refractivity contribution >= 4 is 17.7 Å². The number of aromatic nitrogens is 2. The molecule has 166 valence electrons. The van der Waals surface area contributed by atoms with Gasteiger partial charge >= 0.3 is 0 Å². The molecule has 2 aliphatic rings. The highest BCUT2D eigenvalue weighted by molar-refractivity contribution is 5.94. The summed E-state index contributed by atoms with van der Waals surface area (Å²) >= 11 is 0. The second-order valence-electron chi connectivity index (χ2n) is 8.72. The number of benzene rings is 1. The number of fused-ring (bicyclic) bond motifs is 1. The minimum atomic E-state index is -0.750. The molecule has 2 N–H and O–H groups in total. The second-order valence-corrected chi connectivity index (χ2v) is 8.72. The molecule has 6 nitrogen and oxygen atoms in total. The Morgan fingerprint density at radius 2 is 1.61 bits per heavy atom. The number of amides is 1. The molecule has 2 aromatic rings. The van der Waals surface area contributed by atoms with Gasteiger partial charge in [0.1, 0.15) is 17.5 Å². The first-order chi connectivity index (χ1) is 14.9. The van der Waals surface area contributed by atoms with E-state index in [0.717, 1.165) is 74.7 Å². The first kappa shape index (κ1) is 21.5. The van der Waals surface area contributed by atoms with Crippen molar-refractivity contribution in [3.8, 4) is 0 Å². The van der Waals surface area contributed by atoms with E-state index in [1.165, 1.54) is 12.0 Å². The largest absolute Gasteiger partial charge is 0.362 e. The van der Waals surface area contributed by atoms with Crippen LogP contribution in [0.25, 0.3) is 0 Å². The van der Waals surface area contributed by atoms with Crippen molar-refractivity contribution < 1.29 is 13.6 Å². The number of hydrogen-bond acceptors (Lipinski definition) is 5. The molecule has 0 saturated heterocycles. The fourth-order valence-corrected chi connectivity index (χ4v) is 4.53. The standard InChI is InChI=1S/C23H29F2N5O/c1-30(2)21-19-5-3-4-6-20(19)28-23(29-21)27-18-9-7-17(8-10-18)26-22(31)14-11-15(24)13-16(25)12-14/h11-13,17-18H,3-10H2,1-2H3,(H,26,31)(H,27,28,29). The van der Waals surface area contributed by atoms with Gasteiger partial charge < -0.3 is 15.5 Å². The van der Waals surface area contributed by atoms with Crippen molar-refractivity contribution in [2.24, 2.45) is 0 Å². The topological polar surface area (TPSA) is 70.2 Å². The van der Waals surface area contributed by atoms with Crippen LogP contribution < -0.4 is 15.5 Å². The first-order valence-electron chi connectivity index (χ1n) is 11.0. The van der Waals surface area contributed by atoms with Crippen molar-refractivity contribution in [3.05, 3.63) is 46.7 Å². The minimum Gasteiger partial charge on any atom is -0.362 e. The molecular weight excluding hydrogens is 400 g/mol. The zero-order valence-corrected chi connectivity index (χ0v) is 18.0. The van der Waals surface area contributed by atoms with E-state index in [1.54, 1.807) is 0 Å². The summed E-state index contributed by atoms with van der Waals surface area (Å²) in [4.78, 5) is 23.9. The predicted octanol–water partition coefficient (Wildman–Crippen LogP) is 3.85. The number of carbonyl (C=O) groups excluding carboxylic acids is 1. The average Bonchev–Trinajstić information content (AvgIpc) is 2.73. The quantitative estimate of drug-likeness (QED) is 0.756. The molecule has 0 bridgehead atoms. The Balaban J connectivity index is 1.35. The SMILES string of the molecule is CN(C)c1nc(NC2CCC(NC(=O)c3cc(F)cc(F)c3)CC2)nc2c1CCCC2. The molecule has 1 amide bonds. The van der Waals surface area contributed by atoms with E-state index < -0.39 is 17.5 Å². The van der Waals surface area contributed by atoms with Crippen LogP contribution in [0.2, 0.25) is 0 Å². The number of nitrogens with zero attached hydrogens (tertiary/aromatic N) is 3. The number of anilines is 2. The lowest BCUT2D eigenvalue weighted by Gasteiger charge is -2.30. The second kappa shape index (κ2) is 9.16. The van der Waals surface area contributed by atoms with Crippen LogP contribution in [0.3, 0.4) is 0 Å². The molecule has 1 heterocycles. The van der Waals surface area contributed by atoms with Gasteiger partial charge in [0.25, 0.3) is 5.91 Å². The maximum atomic E-state index is 13.4. The Kier molecular flexibility index (Phi) is 6.34. The van der Waals surface area contributed by atoms with Gasteiger partial charge in [0.2, 0.25) is 5.95 Å². The van der Waals surface area contributed by atoms with E-state index in [-0.39, 0.29) is 17.6 Å². The molecule has 1 saturated carbocycles. The Bertz CT molecular complexity index is 937. The van der Waals surface area contributed by atoms with Gasteiger partial charge in [-0.3, -0.25) is 4.79 Å². The molecule has 0 atom stereocenters. The van der Waals surface area contributed by atoms with Crippen LogP contribution in [-0.2, 0) is 12.8 Å². The Morgan fingerprint density at radius 3 is 2.29 bits per heavy atom. The smallest absolute Gasteiger partial charge is 0.251 e. The van der Waals surface area contributed by atoms with Crippen LogP contribution in [0.15, 0.2) is 18.2 Å². The first-order valence-corrected chi connectivity index (χ1v) is 11.0. The number of nitrogens with one attached hydrogen (secondary N) is 2. The molecule has 0 spiro atoms. The van der Waals surface area contributed by atoms with Crippen LogP contribution in [0.1, 0.15) is 60.1 Å². The Morgan fingerprint density at radius 1 is 0.968 bits per heavy atom. The third kappa shape index (κ3) is 5.11. The zero-order valence-electron chi connectivity index (χ0n) is 18.0. The highest BCUT2D eigenvalue weighted by atomic mass is 19.1. The van der Waals surface area contributed by atoms with E-state index >= 15 is 0 Å². The van der Waals surface area contributed by atoms with Gasteiger partial charge in [-0.1, -0.05) is 0 Å². The predicted molar refractivity (Wildman–Crippen MR) is 116 cm³/mol. The van der Waals surface area contributed by atoms with E-state index in [9.17, 15) is 13.6 Å². The van der Waals surface area contributed by atoms with E-state index in [4.69, 9.17) is 9.97 Å². The molecule has 0 radical (unpaired) electrons. The van der Waals surface area contributed by atoms with Crippen molar-refractivity contribution in [2.75, 3.05) is 24.3 Å². The maximum absolute atomic E-state index is 13.4. The summed E-state index contributed by atoms with van der Waals surface area (Å²) in [6.45, 7) is 0. The maximum Gasteiger partial charge on any atom is 0.251 e. The van der Waals surface area contributed by atoms with Gasteiger partial charge in [-0.05, 0) is 63.5 Å². The van der Waals surface area contributed by atoms with Crippen LogP contribution in [0, 0.1) is 11.6 Å². The fourth-order valence-electron chi connectivity index (χ4n) is 4.53. The number of rotatable bonds is 5. The molecular formula is C23H29F2N5O. The normalized spacial score (nSPS) is 20.6. The summed E-state index contributed by atoms with van der Waals surface area (Å²) in [5, 5.41) is 6.39. The molecule has 1 fully saturated rings. The van der Waals surface area contributed by atoms with Gasteiger partial charge in [0.15, 0.2) is 0 Å². The van der Waals surface area contributed by atoms with Crippen molar-refractivity contribution in [3.63, 3.8) is 0 Å². The molecule has 2 aliphatic carbocycles. The van der Waals surface area contributed by atoms with Crippen molar-refractivity contribution in [1.29, 1.82) is 0 Å². The molecule has 0 unspecified atom stereocenters. The Hall–Kier alpha value is -2.77. The van der Waals surface area contributed by atoms with E-state index in [1.807, 2.05) is 14.1 Å². The molecule has 1 aromatic heterocycles. The summed E-state index contributed by atoms with van der Waals surface area (Å²) < 4.78 is 26.7. The number of aryl methyl sites for hydroxylation is 1. The summed E-state index contributed by atoms with van der Waals surface area (Å²) in [6, 6.07) is 3.09. The zero-order chi connectivity index (χ0) is 22.0. The lowest BCUT2D eigenvalue weighted by molar-refractivity contribution is 0.0925. The van der Waals surface area contributed by atoms with Gasteiger partial charge in [-0.2, -0.15) is 4.98 Å². The third-order valence-corrected chi connectivity index (χ3v) is 6.11. The number of halogens is 2. The number of hydrogen-bond donors (Lipinski definition) is 2. The molecule has 31 heavy (non-hydrogen) atoms. The van der Waals surface area contributed by atoms with Gasteiger partial charge in [-0.15, -0.1) is 0 Å². The van der Waals surface area contributed by atoms with Crippen LogP contribution in [0.4, 0.5) is 20.5 Å². The molecule has 8 heteroatoms. The van der Waals surface area contributed by atoms with Crippen LogP contribution in [-0.4, -0.2) is 42.1 Å². The van der Waals surface area contributed by atoms with Crippen molar-refractivity contribution in [1.82, 2.24) is 15.3 Å². The summed E-state index contributed by atoms with van der Waals surface area (Å²) in [7, 11) is 4.03. The van der Waals surface area contributed by atoms with E-state index in [2.05, 4.69) is 15.5 Å². The van der Waals surface area contributed by atoms with Crippen LogP contribution in [0.5, 0.6) is 0 Å².